The molecular formula is C39H40N6O6. The number of para-hydroxylation sites is 1. The fourth-order valence-electron chi connectivity index (χ4n) is 8.37. The number of anilines is 1. The van der Waals surface area contributed by atoms with Crippen molar-refractivity contribution in [1.29, 1.82) is 0 Å². The van der Waals surface area contributed by atoms with E-state index in [1.807, 2.05) is 12.1 Å². The van der Waals surface area contributed by atoms with Crippen molar-refractivity contribution in [1.82, 2.24) is 25.3 Å². The number of phenols is 1. The maximum atomic E-state index is 13.7. The predicted octanol–water partition coefficient (Wildman–Crippen LogP) is 3.85. The van der Waals surface area contributed by atoms with Crippen LogP contribution in [-0.4, -0.2) is 80.0 Å². The van der Waals surface area contributed by atoms with Crippen molar-refractivity contribution in [2.45, 2.75) is 75.9 Å². The molecule has 1 aliphatic carbocycles. The monoisotopic (exact) mass is 688 g/mol. The van der Waals surface area contributed by atoms with Gasteiger partial charge in [-0.05, 0) is 93.5 Å². The number of nitrogens with one attached hydrogen (secondary N) is 1. The average molecular weight is 689 g/mol. The average Bonchev–Trinajstić information content (AvgIpc) is 3.39. The van der Waals surface area contributed by atoms with E-state index in [-0.39, 0.29) is 41.5 Å². The first-order chi connectivity index (χ1) is 24.7. The van der Waals surface area contributed by atoms with Crippen molar-refractivity contribution >= 4 is 29.4 Å². The molecule has 12 heteroatoms. The SMILES string of the molecule is Nc1nnc(-c2ccccc2O)cc1C#CC1CCC(CN2CCC3(CCc4ccc5c(c4O3)C(=O)N(C3CCC(=O)NC3=O)C5=O)CC2)CC1. The van der Waals surface area contributed by atoms with Crippen LogP contribution in [0.25, 0.3) is 11.3 Å². The standard InChI is InChI=1S/C39H40N6O6/c40-35-26(21-29(42-43-35)27-3-1-2-4-31(27)46)10-9-23-5-7-24(8-6-23)22-44-19-17-39(18-20-44)16-15-25-11-12-28-33(34(25)51-39)38(50)45(37(28)49)30-13-14-32(47)41-36(30)48/h1-4,11-12,21,23-24,30,46H,5-8,13-20,22H2,(H2,40,43)(H,41,47,48). The summed E-state index contributed by atoms with van der Waals surface area (Å²) < 4.78 is 6.74. The number of aryl methyl sites for hydroxylation is 1. The summed E-state index contributed by atoms with van der Waals surface area (Å²) in [7, 11) is 0. The number of hydrogen-bond acceptors (Lipinski definition) is 10. The Morgan fingerprint density at radius 3 is 2.47 bits per heavy atom. The lowest BCUT2D eigenvalue weighted by molar-refractivity contribution is -0.136. The number of ether oxygens (including phenoxy) is 1. The van der Waals surface area contributed by atoms with Gasteiger partial charge in [-0.25, -0.2) is 0 Å². The van der Waals surface area contributed by atoms with Crippen LogP contribution in [0.3, 0.4) is 0 Å². The number of benzene rings is 2. The Bertz CT molecular complexity index is 2000. The van der Waals surface area contributed by atoms with E-state index in [0.29, 0.717) is 28.5 Å². The normalized spacial score (nSPS) is 24.3. The number of piperidine rings is 2. The number of nitrogen functional groups attached to an aromatic ring is 1. The lowest BCUT2D eigenvalue weighted by Gasteiger charge is -2.45. The molecule has 2 saturated heterocycles. The second-order valence-corrected chi connectivity index (χ2v) is 14.5. The molecule has 4 amide bonds. The molecule has 51 heavy (non-hydrogen) atoms. The third-order valence-electron chi connectivity index (χ3n) is 11.4. The number of aromatic hydroxyl groups is 1. The van der Waals surface area contributed by atoms with Gasteiger partial charge in [0.05, 0.1) is 22.4 Å². The maximum Gasteiger partial charge on any atom is 0.266 e. The first kappa shape index (κ1) is 32.9. The van der Waals surface area contributed by atoms with E-state index in [2.05, 4.69) is 32.3 Å². The van der Waals surface area contributed by atoms with Gasteiger partial charge in [-0.2, -0.15) is 0 Å². The van der Waals surface area contributed by atoms with Crippen LogP contribution in [0.4, 0.5) is 5.82 Å². The number of carbonyl (C=O) groups excluding carboxylic acids is 4. The van der Waals surface area contributed by atoms with Crippen LogP contribution >= 0.6 is 0 Å². The van der Waals surface area contributed by atoms with Crippen molar-refractivity contribution in [3.63, 3.8) is 0 Å². The molecular weight excluding hydrogens is 648 g/mol. The number of amides is 4. The lowest BCUT2D eigenvalue weighted by atomic mass is 9.80. The minimum atomic E-state index is -1.00. The highest BCUT2D eigenvalue weighted by atomic mass is 16.5. The maximum absolute atomic E-state index is 13.7. The summed E-state index contributed by atoms with van der Waals surface area (Å²) in [6, 6.07) is 11.3. The van der Waals surface area contributed by atoms with Crippen LogP contribution in [0.5, 0.6) is 11.5 Å². The highest BCUT2D eigenvalue weighted by Gasteiger charge is 2.49. The molecule has 8 rings (SSSR count). The number of hydrogen-bond donors (Lipinski definition) is 3. The summed E-state index contributed by atoms with van der Waals surface area (Å²) in [5.74, 6) is 6.38. The number of carbonyl (C=O) groups is 4. The van der Waals surface area contributed by atoms with Crippen LogP contribution in [0, 0.1) is 23.7 Å². The van der Waals surface area contributed by atoms with Crippen LogP contribution < -0.4 is 15.8 Å². The highest BCUT2D eigenvalue weighted by molar-refractivity contribution is 6.24. The topological polar surface area (TPSA) is 168 Å². The van der Waals surface area contributed by atoms with E-state index in [9.17, 15) is 24.3 Å². The molecule has 2 aromatic carbocycles. The number of fused-ring (bicyclic) bond motifs is 3. The molecule has 4 aliphatic heterocycles. The Labute approximate surface area is 295 Å². The van der Waals surface area contributed by atoms with Gasteiger partial charge in [-0.3, -0.25) is 29.4 Å². The fourth-order valence-corrected chi connectivity index (χ4v) is 8.37. The highest BCUT2D eigenvalue weighted by Crippen LogP contribution is 2.45. The smallest absolute Gasteiger partial charge is 0.266 e. The molecule has 1 aromatic heterocycles. The quantitative estimate of drug-likeness (QED) is 0.271. The van der Waals surface area contributed by atoms with E-state index in [1.54, 1.807) is 30.3 Å². The number of imide groups is 2. The van der Waals surface area contributed by atoms with Crippen molar-refractivity contribution in [3.05, 3.63) is 64.7 Å². The molecule has 0 bridgehead atoms. The Morgan fingerprint density at radius 2 is 1.71 bits per heavy atom. The Hall–Kier alpha value is -5.28. The van der Waals surface area contributed by atoms with E-state index in [1.165, 1.54) is 0 Å². The van der Waals surface area contributed by atoms with E-state index in [4.69, 9.17) is 10.5 Å². The molecule has 1 atom stereocenters. The zero-order chi connectivity index (χ0) is 35.3. The van der Waals surface area contributed by atoms with Gasteiger partial charge in [0.15, 0.2) is 5.82 Å². The first-order valence-corrected chi connectivity index (χ1v) is 17.9. The van der Waals surface area contributed by atoms with Gasteiger partial charge in [0.25, 0.3) is 11.8 Å². The van der Waals surface area contributed by atoms with Crippen LogP contribution in [-0.2, 0) is 16.0 Å². The number of rotatable bonds is 4. The third-order valence-corrected chi connectivity index (χ3v) is 11.4. The van der Waals surface area contributed by atoms with Gasteiger partial charge in [0, 0.05) is 37.5 Å². The minimum absolute atomic E-state index is 0.0803. The second-order valence-electron chi connectivity index (χ2n) is 14.5. The molecule has 1 saturated carbocycles. The van der Waals surface area contributed by atoms with Crippen LogP contribution in [0.1, 0.15) is 89.6 Å². The fraction of sp³-hybridized carbons (Fsp3) is 0.436. The van der Waals surface area contributed by atoms with Crippen molar-refractivity contribution < 1.29 is 29.0 Å². The molecule has 262 valence electrons. The summed E-state index contributed by atoms with van der Waals surface area (Å²) >= 11 is 0. The Morgan fingerprint density at radius 1 is 0.922 bits per heavy atom. The Kier molecular flexibility index (Phi) is 8.46. The number of likely N-dealkylation sites (tertiary alicyclic amines) is 1. The summed E-state index contributed by atoms with van der Waals surface area (Å²) in [6.07, 6.45) is 7.72. The Balaban J connectivity index is 0.864. The molecule has 3 aromatic rings. The van der Waals surface area contributed by atoms with Gasteiger partial charge in [-0.1, -0.05) is 30.0 Å². The van der Waals surface area contributed by atoms with Gasteiger partial charge in [0.1, 0.15) is 23.1 Å². The van der Waals surface area contributed by atoms with Crippen molar-refractivity contribution in [3.8, 4) is 34.6 Å². The van der Waals surface area contributed by atoms with E-state index >= 15 is 0 Å². The van der Waals surface area contributed by atoms with Crippen LogP contribution in [0.15, 0.2) is 42.5 Å². The number of aromatic nitrogens is 2. The lowest BCUT2D eigenvalue weighted by Crippen LogP contribution is -2.54. The zero-order valence-corrected chi connectivity index (χ0v) is 28.3. The largest absolute Gasteiger partial charge is 0.507 e. The predicted molar refractivity (Wildman–Crippen MR) is 186 cm³/mol. The molecule has 1 unspecified atom stereocenters. The molecule has 12 nitrogen and oxygen atoms in total. The first-order valence-electron chi connectivity index (χ1n) is 17.9. The summed E-state index contributed by atoms with van der Waals surface area (Å²) in [5, 5.41) is 20.7. The van der Waals surface area contributed by atoms with Crippen LogP contribution in [0.2, 0.25) is 0 Å². The molecule has 0 radical (unpaired) electrons. The number of phenolic OH excluding ortho intramolecular Hbond substituents is 1. The summed E-state index contributed by atoms with van der Waals surface area (Å²) in [5.41, 5.74) is 8.85. The van der Waals surface area contributed by atoms with Gasteiger partial charge in [-0.15, -0.1) is 10.2 Å². The zero-order valence-electron chi connectivity index (χ0n) is 28.3. The second kappa shape index (κ2) is 13.1. The third kappa shape index (κ3) is 6.20. The number of nitrogens with zero attached hydrogens (tertiary/aromatic N) is 4. The van der Waals surface area contributed by atoms with Gasteiger partial charge >= 0.3 is 0 Å². The van der Waals surface area contributed by atoms with Gasteiger partial charge < -0.3 is 20.5 Å². The van der Waals surface area contributed by atoms with E-state index < -0.39 is 35.3 Å². The minimum Gasteiger partial charge on any atom is -0.507 e. The number of nitrogens with two attached hydrogens (primary N) is 1. The van der Waals surface area contributed by atoms with Crippen molar-refractivity contribution in [2.24, 2.45) is 11.8 Å². The molecule has 1 spiro atoms. The summed E-state index contributed by atoms with van der Waals surface area (Å²) in [4.78, 5) is 54.9. The van der Waals surface area contributed by atoms with E-state index in [0.717, 1.165) is 81.5 Å². The molecule has 5 heterocycles. The summed E-state index contributed by atoms with van der Waals surface area (Å²) in [6.45, 7) is 2.82. The molecule has 3 fully saturated rings. The molecule has 5 aliphatic rings. The molecule has 4 N–H and O–H groups in total. The van der Waals surface area contributed by atoms with Crippen molar-refractivity contribution in [2.75, 3.05) is 25.4 Å². The van der Waals surface area contributed by atoms with Gasteiger partial charge in [0.2, 0.25) is 11.8 Å².